The zero-order valence-electron chi connectivity index (χ0n) is 19.2. The van der Waals surface area contributed by atoms with Crippen molar-refractivity contribution in [1.82, 2.24) is 20.2 Å². The highest BCUT2D eigenvalue weighted by atomic mass is 16.2. The van der Waals surface area contributed by atoms with E-state index in [4.69, 9.17) is 0 Å². The number of aromatic nitrogens is 2. The van der Waals surface area contributed by atoms with Crippen molar-refractivity contribution in [2.24, 2.45) is 0 Å². The van der Waals surface area contributed by atoms with Crippen LogP contribution >= 0.6 is 0 Å². The third-order valence-corrected chi connectivity index (χ3v) is 6.14. The number of benzene rings is 2. The van der Waals surface area contributed by atoms with Crippen molar-refractivity contribution in [3.8, 4) is 11.3 Å². The molecule has 1 saturated heterocycles. The number of anilines is 3. The Balaban J connectivity index is 1.21. The van der Waals surface area contributed by atoms with Crippen molar-refractivity contribution in [3.63, 3.8) is 0 Å². The molecule has 2 aromatic carbocycles. The molecule has 0 aliphatic carbocycles. The van der Waals surface area contributed by atoms with E-state index in [0.29, 0.717) is 36.7 Å². The number of likely N-dealkylation sites (tertiary alicyclic amines) is 1. The second-order valence-electron chi connectivity index (χ2n) is 8.63. The molecule has 5 rings (SSSR count). The van der Waals surface area contributed by atoms with Gasteiger partial charge in [-0.3, -0.25) is 14.4 Å². The molecule has 2 aliphatic heterocycles. The summed E-state index contributed by atoms with van der Waals surface area (Å²) >= 11 is 0. The molecule has 3 N–H and O–H groups in total. The maximum atomic E-state index is 12.4. The van der Waals surface area contributed by atoms with E-state index < -0.39 is 0 Å². The van der Waals surface area contributed by atoms with Crippen LogP contribution < -0.4 is 16.0 Å². The Morgan fingerprint density at radius 2 is 1.91 bits per heavy atom. The van der Waals surface area contributed by atoms with Gasteiger partial charge in [-0.05, 0) is 43.2 Å². The quantitative estimate of drug-likeness (QED) is 0.457. The number of fused-ring (bicyclic) bond motifs is 3. The summed E-state index contributed by atoms with van der Waals surface area (Å²) in [6.07, 6.45) is 4.17. The fraction of sp³-hybridized carbons (Fsp3) is 0.269. The Kier molecular flexibility index (Phi) is 6.38. The molecule has 1 aromatic heterocycles. The molecule has 35 heavy (non-hydrogen) atoms. The van der Waals surface area contributed by atoms with Gasteiger partial charge in [-0.25, -0.2) is 9.97 Å². The minimum Gasteiger partial charge on any atom is -0.352 e. The van der Waals surface area contributed by atoms with Gasteiger partial charge in [0.1, 0.15) is 0 Å². The van der Waals surface area contributed by atoms with Crippen molar-refractivity contribution in [2.45, 2.75) is 25.7 Å². The molecule has 0 atom stereocenters. The number of amides is 3. The molecule has 3 aromatic rings. The largest absolute Gasteiger partial charge is 0.352 e. The van der Waals surface area contributed by atoms with E-state index in [0.717, 1.165) is 41.9 Å². The number of carbonyl (C=O) groups is 3. The van der Waals surface area contributed by atoms with E-state index in [1.807, 2.05) is 29.2 Å². The van der Waals surface area contributed by atoms with E-state index >= 15 is 0 Å². The highest BCUT2D eigenvalue weighted by Gasteiger charge is 2.21. The fourth-order valence-corrected chi connectivity index (χ4v) is 4.34. The Labute approximate surface area is 203 Å². The summed E-state index contributed by atoms with van der Waals surface area (Å²) in [7, 11) is 0. The van der Waals surface area contributed by atoms with Gasteiger partial charge in [0.2, 0.25) is 17.8 Å². The first kappa shape index (κ1) is 22.5. The lowest BCUT2D eigenvalue weighted by Crippen LogP contribution is -2.30. The molecule has 0 bridgehead atoms. The van der Waals surface area contributed by atoms with E-state index in [1.165, 1.54) is 0 Å². The molecule has 9 heteroatoms. The summed E-state index contributed by atoms with van der Waals surface area (Å²) in [5.41, 5.74) is 4.34. The maximum Gasteiger partial charge on any atom is 0.251 e. The predicted molar refractivity (Wildman–Crippen MR) is 132 cm³/mol. The normalized spacial score (nSPS) is 14.6. The van der Waals surface area contributed by atoms with Crippen LogP contribution in [-0.2, 0) is 16.0 Å². The molecule has 0 unspecified atom stereocenters. The molecule has 1 fully saturated rings. The van der Waals surface area contributed by atoms with Crippen LogP contribution in [0, 0.1) is 0 Å². The van der Waals surface area contributed by atoms with Gasteiger partial charge in [0.15, 0.2) is 0 Å². The standard InChI is InChI=1S/C26H26N6O3/c33-22-15-18-16-28-26(31-24(18)20-5-1-2-6-21(20)30-22)29-19-10-8-17(9-11-19)25(35)27-12-4-14-32-13-3-7-23(32)34/h1-2,5-6,8-11,16H,3-4,7,12-15H2,(H,27,35)(H,30,33)(H,28,29,31). The number of nitrogens with one attached hydrogen (secondary N) is 3. The van der Waals surface area contributed by atoms with Gasteiger partial charge >= 0.3 is 0 Å². The SMILES string of the molecule is O=C1Cc2cnc(Nc3ccc(C(=O)NCCCN4CCCC4=O)cc3)nc2-c2ccccc2N1. The van der Waals surface area contributed by atoms with E-state index in [-0.39, 0.29) is 24.1 Å². The highest BCUT2D eigenvalue weighted by molar-refractivity contribution is 6.00. The lowest BCUT2D eigenvalue weighted by Gasteiger charge is -2.15. The van der Waals surface area contributed by atoms with E-state index in [1.54, 1.807) is 30.5 Å². The van der Waals surface area contributed by atoms with Gasteiger partial charge in [0.25, 0.3) is 5.91 Å². The van der Waals surface area contributed by atoms with Crippen LogP contribution in [0.3, 0.4) is 0 Å². The average Bonchev–Trinajstić information content (AvgIpc) is 3.21. The maximum absolute atomic E-state index is 12.4. The Morgan fingerprint density at radius 3 is 2.71 bits per heavy atom. The molecule has 3 heterocycles. The van der Waals surface area contributed by atoms with Crippen molar-refractivity contribution in [1.29, 1.82) is 0 Å². The van der Waals surface area contributed by atoms with Crippen molar-refractivity contribution >= 4 is 35.0 Å². The molecule has 178 valence electrons. The summed E-state index contributed by atoms with van der Waals surface area (Å²) in [4.78, 5) is 47.2. The summed E-state index contributed by atoms with van der Waals surface area (Å²) in [6, 6.07) is 14.6. The number of para-hydroxylation sites is 1. The van der Waals surface area contributed by atoms with E-state index in [9.17, 15) is 14.4 Å². The second kappa shape index (κ2) is 9.92. The van der Waals surface area contributed by atoms with Crippen LogP contribution in [0.15, 0.2) is 54.7 Å². The summed E-state index contributed by atoms with van der Waals surface area (Å²) in [5.74, 6) is 0.354. The summed E-state index contributed by atoms with van der Waals surface area (Å²) in [6.45, 7) is 2.01. The summed E-state index contributed by atoms with van der Waals surface area (Å²) < 4.78 is 0. The lowest BCUT2D eigenvalue weighted by atomic mass is 10.1. The van der Waals surface area contributed by atoms with Gasteiger partial charge in [0, 0.05) is 54.6 Å². The third-order valence-electron chi connectivity index (χ3n) is 6.14. The monoisotopic (exact) mass is 470 g/mol. The molecule has 2 aliphatic rings. The van der Waals surface area contributed by atoms with E-state index in [2.05, 4.69) is 25.9 Å². The lowest BCUT2D eigenvalue weighted by molar-refractivity contribution is -0.127. The minimum absolute atomic E-state index is 0.0982. The molecular formula is C26H26N6O3. The van der Waals surface area contributed by atoms with Crippen LogP contribution in [0.4, 0.5) is 17.3 Å². The zero-order valence-corrected chi connectivity index (χ0v) is 19.2. The van der Waals surface area contributed by atoms with Crippen LogP contribution in [0.5, 0.6) is 0 Å². The predicted octanol–water partition coefficient (Wildman–Crippen LogP) is 3.12. The summed E-state index contributed by atoms with van der Waals surface area (Å²) in [5, 5.41) is 8.99. The van der Waals surface area contributed by atoms with Gasteiger partial charge in [-0.2, -0.15) is 0 Å². The van der Waals surface area contributed by atoms with Gasteiger partial charge in [0.05, 0.1) is 17.8 Å². The van der Waals surface area contributed by atoms with Crippen LogP contribution in [-0.4, -0.2) is 52.2 Å². The van der Waals surface area contributed by atoms with Gasteiger partial charge in [-0.15, -0.1) is 0 Å². The van der Waals surface area contributed by atoms with Crippen molar-refractivity contribution < 1.29 is 14.4 Å². The van der Waals surface area contributed by atoms with Crippen molar-refractivity contribution in [3.05, 3.63) is 65.9 Å². The molecule has 0 radical (unpaired) electrons. The van der Waals surface area contributed by atoms with Gasteiger partial charge in [-0.1, -0.05) is 18.2 Å². The smallest absolute Gasteiger partial charge is 0.251 e. The molecule has 0 saturated carbocycles. The van der Waals surface area contributed by atoms with Gasteiger partial charge < -0.3 is 20.9 Å². The zero-order chi connectivity index (χ0) is 24.2. The third kappa shape index (κ3) is 5.13. The first-order valence-electron chi connectivity index (χ1n) is 11.7. The second-order valence-corrected chi connectivity index (χ2v) is 8.63. The van der Waals surface area contributed by atoms with Crippen LogP contribution in [0.25, 0.3) is 11.3 Å². The van der Waals surface area contributed by atoms with Crippen LogP contribution in [0.2, 0.25) is 0 Å². The first-order chi connectivity index (χ1) is 17.1. The number of nitrogens with zero attached hydrogens (tertiary/aromatic N) is 3. The van der Waals surface area contributed by atoms with Crippen LogP contribution in [0.1, 0.15) is 35.2 Å². The fourth-order valence-electron chi connectivity index (χ4n) is 4.34. The molecule has 0 spiro atoms. The highest BCUT2D eigenvalue weighted by Crippen LogP contribution is 2.32. The number of hydrogen-bond donors (Lipinski definition) is 3. The topological polar surface area (TPSA) is 116 Å². The Morgan fingerprint density at radius 1 is 1.09 bits per heavy atom. The average molecular weight is 471 g/mol. The Hall–Kier alpha value is -4.27. The number of rotatable bonds is 7. The number of hydrogen-bond acceptors (Lipinski definition) is 6. The molecular weight excluding hydrogens is 444 g/mol. The molecule has 9 nitrogen and oxygen atoms in total. The van der Waals surface area contributed by atoms with Crippen molar-refractivity contribution in [2.75, 3.05) is 30.3 Å². The molecule has 3 amide bonds. The number of carbonyl (C=O) groups excluding carboxylic acids is 3. The first-order valence-corrected chi connectivity index (χ1v) is 11.7. The minimum atomic E-state index is -0.153. The Bertz CT molecular complexity index is 1270.